The summed E-state index contributed by atoms with van der Waals surface area (Å²) in [4.78, 5) is -0.0830. The Bertz CT molecular complexity index is 1250. The molecule has 0 aliphatic heterocycles. The Labute approximate surface area is 196 Å². The lowest BCUT2D eigenvalue weighted by atomic mass is 9.80. The molecule has 0 aromatic heterocycles. The van der Waals surface area contributed by atoms with E-state index in [-0.39, 0.29) is 21.6 Å². The summed E-state index contributed by atoms with van der Waals surface area (Å²) in [5.74, 6) is -1.60. The Hall–Kier alpha value is -3.42. The van der Waals surface area contributed by atoms with Gasteiger partial charge in [-0.2, -0.15) is 8.42 Å². The summed E-state index contributed by atoms with van der Waals surface area (Å²) in [5, 5.41) is 0. The van der Waals surface area contributed by atoms with Gasteiger partial charge in [-0.25, -0.2) is 17.4 Å². The number of aryl methyl sites for hydroxylation is 1. The van der Waals surface area contributed by atoms with E-state index in [1.165, 1.54) is 84.9 Å². The molecule has 0 fully saturated rings. The molecule has 4 aromatic carbocycles. The second kappa shape index (κ2) is 9.44. The molecule has 0 unspecified atom stereocenters. The first-order valence-electron chi connectivity index (χ1n) is 10.6. The molecule has 0 spiro atoms. The van der Waals surface area contributed by atoms with Crippen molar-refractivity contribution < 1.29 is 25.8 Å². The summed E-state index contributed by atoms with van der Waals surface area (Å²) < 4.78 is 74.4. The minimum atomic E-state index is -4.40. The van der Waals surface area contributed by atoms with E-state index in [1.807, 2.05) is 6.92 Å². The Balaban J connectivity index is 1.99. The quantitative estimate of drug-likeness (QED) is 0.227. The van der Waals surface area contributed by atoms with Crippen LogP contribution in [0.5, 0.6) is 0 Å². The van der Waals surface area contributed by atoms with Gasteiger partial charge < -0.3 is 0 Å². The van der Waals surface area contributed by atoms with E-state index in [0.717, 1.165) is 12.0 Å². The van der Waals surface area contributed by atoms with E-state index in [4.69, 9.17) is 4.18 Å². The highest BCUT2D eigenvalue weighted by Crippen LogP contribution is 2.43. The van der Waals surface area contributed by atoms with Gasteiger partial charge in [0.2, 0.25) is 0 Å². The molecule has 4 rings (SSSR count). The number of hydrogen-bond acceptors (Lipinski definition) is 3. The first-order valence-corrected chi connectivity index (χ1v) is 12.0. The molecular formula is C27H21F3O3S. The Kier molecular flexibility index (Phi) is 6.59. The zero-order valence-electron chi connectivity index (χ0n) is 18.2. The molecule has 0 amide bonds. The van der Waals surface area contributed by atoms with Crippen LogP contribution in [0.2, 0.25) is 0 Å². The third kappa shape index (κ3) is 4.62. The fourth-order valence-electron chi connectivity index (χ4n) is 3.80. The maximum Gasteiger partial charge on any atom is 0.298 e. The molecule has 0 bridgehead atoms. The minimum Gasteiger partial charge on any atom is -0.245 e. The van der Waals surface area contributed by atoms with Crippen molar-refractivity contribution in [2.45, 2.75) is 23.8 Å². The van der Waals surface area contributed by atoms with Crippen LogP contribution in [0, 0.1) is 17.5 Å². The van der Waals surface area contributed by atoms with Crippen LogP contribution in [0.25, 0.3) is 0 Å². The van der Waals surface area contributed by atoms with Gasteiger partial charge in [0.25, 0.3) is 10.1 Å². The lowest BCUT2D eigenvalue weighted by Crippen LogP contribution is -2.35. The summed E-state index contributed by atoms with van der Waals surface area (Å²) >= 11 is 0. The van der Waals surface area contributed by atoms with Crippen LogP contribution >= 0.6 is 0 Å². The predicted octanol–water partition coefficient (Wildman–Crippen LogP) is 6.36. The molecule has 0 aliphatic rings. The van der Waals surface area contributed by atoms with Crippen LogP contribution in [0.15, 0.2) is 102 Å². The van der Waals surface area contributed by atoms with Crippen LogP contribution in [-0.4, -0.2) is 8.42 Å². The second-order valence-electron chi connectivity index (χ2n) is 7.74. The van der Waals surface area contributed by atoms with Gasteiger partial charge in [-0.1, -0.05) is 55.5 Å². The molecule has 34 heavy (non-hydrogen) atoms. The van der Waals surface area contributed by atoms with Crippen molar-refractivity contribution in [2.75, 3.05) is 0 Å². The predicted molar refractivity (Wildman–Crippen MR) is 123 cm³/mol. The average molecular weight is 483 g/mol. The van der Waals surface area contributed by atoms with Crippen LogP contribution in [0.1, 0.15) is 29.2 Å². The normalized spacial score (nSPS) is 12.0. The van der Waals surface area contributed by atoms with Crippen molar-refractivity contribution >= 4 is 10.1 Å². The maximum absolute atomic E-state index is 13.8. The summed E-state index contributed by atoms with van der Waals surface area (Å²) in [7, 11) is -4.40. The zero-order chi connectivity index (χ0) is 24.3. The fraction of sp³-hybridized carbons (Fsp3) is 0.111. The van der Waals surface area contributed by atoms with E-state index in [0.29, 0.717) is 0 Å². The average Bonchev–Trinajstić information content (AvgIpc) is 2.84. The third-order valence-electron chi connectivity index (χ3n) is 5.61. The lowest BCUT2D eigenvalue weighted by Gasteiger charge is -2.35. The summed E-state index contributed by atoms with van der Waals surface area (Å²) in [5.41, 5.74) is -0.111. The molecular weight excluding hydrogens is 461 g/mol. The Morgan fingerprint density at radius 1 is 0.618 bits per heavy atom. The van der Waals surface area contributed by atoms with E-state index in [1.54, 1.807) is 12.1 Å². The second-order valence-corrected chi connectivity index (χ2v) is 9.28. The number of rotatable bonds is 7. The molecule has 174 valence electrons. The first-order chi connectivity index (χ1) is 16.2. The Morgan fingerprint density at radius 2 is 0.971 bits per heavy atom. The van der Waals surface area contributed by atoms with Gasteiger partial charge in [0.05, 0.1) is 4.90 Å². The minimum absolute atomic E-state index is 0.0830. The molecule has 0 saturated heterocycles. The van der Waals surface area contributed by atoms with Crippen molar-refractivity contribution in [1.29, 1.82) is 0 Å². The third-order valence-corrected chi connectivity index (χ3v) is 6.93. The number of halogens is 3. The van der Waals surface area contributed by atoms with Gasteiger partial charge in [-0.15, -0.1) is 0 Å². The Morgan fingerprint density at radius 3 is 1.29 bits per heavy atom. The van der Waals surface area contributed by atoms with E-state index < -0.39 is 33.2 Å². The monoisotopic (exact) mass is 482 g/mol. The van der Waals surface area contributed by atoms with Gasteiger partial charge in [-0.05, 0) is 77.2 Å². The zero-order valence-corrected chi connectivity index (χ0v) is 19.0. The highest BCUT2D eigenvalue weighted by molar-refractivity contribution is 7.86. The van der Waals surface area contributed by atoms with E-state index in [2.05, 4.69) is 0 Å². The van der Waals surface area contributed by atoms with Gasteiger partial charge >= 0.3 is 0 Å². The van der Waals surface area contributed by atoms with Crippen molar-refractivity contribution in [3.8, 4) is 0 Å². The highest BCUT2D eigenvalue weighted by Gasteiger charge is 2.43. The molecule has 3 nitrogen and oxygen atoms in total. The molecule has 0 saturated carbocycles. The summed E-state index contributed by atoms with van der Waals surface area (Å²) in [6.07, 6.45) is 0.728. The number of hydrogen-bond donors (Lipinski definition) is 0. The van der Waals surface area contributed by atoms with Crippen molar-refractivity contribution in [3.63, 3.8) is 0 Å². The summed E-state index contributed by atoms with van der Waals surface area (Å²) in [6, 6.07) is 21.6. The van der Waals surface area contributed by atoms with E-state index in [9.17, 15) is 21.6 Å². The van der Waals surface area contributed by atoms with Crippen LogP contribution < -0.4 is 0 Å². The van der Waals surface area contributed by atoms with Gasteiger partial charge in [-0.3, -0.25) is 0 Å². The highest BCUT2D eigenvalue weighted by atomic mass is 32.2. The maximum atomic E-state index is 13.8. The molecule has 0 atom stereocenters. The first kappa shape index (κ1) is 23.7. The van der Waals surface area contributed by atoms with Crippen molar-refractivity contribution in [1.82, 2.24) is 0 Å². The smallest absolute Gasteiger partial charge is 0.245 e. The molecule has 7 heteroatoms. The SMILES string of the molecule is CCc1ccc(S(=O)(=O)OC(c2ccc(F)cc2)(c2ccc(F)cc2)c2ccc(F)cc2)cc1. The molecule has 0 radical (unpaired) electrons. The van der Waals surface area contributed by atoms with Gasteiger partial charge in [0.15, 0.2) is 5.60 Å². The largest absolute Gasteiger partial charge is 0.298 e. The topological polar surface area (TPSA) is 43.4 Å². The van der Waals surface area contributed by atoms with Crippen LogP contribution in [0.3, 0.4) is 0 Å². The van der Waals surface area contributed by atoms with E-state index >= 15 is 0 Å². The summed E-state index contributed by atoms with van der Waals surface area (Å²) in [6.45, 7) is 1.95. The van der Waals surface area contributed by atoms with Gasteiger partial charge in [0.1, 0.15) is 17.5 Å². The number of benzene rings is 4. The molecule has 0 N–H and O–H groups in total. The van der Waals surface area contributed by atoms with Gasteiger partial charge in [0, 0.05) is 0 Å². The molecule has 0 heterocycles. The standard InChI is InChI=1S/C27H21F3O3S/c1-2-19-3-17-26(18-4-19)34(31,32)33-27(20-5-11-23(28)12-6-20,21-7-13-24(29)14-8-21)22-9-15-25(30)16-10-22/h3-18H,2H2,1H3. The van der Waals surface area contributed by atoms with Crippen LogP contribution in [0.4, 0.5) is 13.2 Å². The van der Waals surface area contributed by atoms with Crippen molar-refractivity contribution in [3.05, 3.63) is 137 Å². The fourth-order valence-corrected chi connectivity index (χ4v) is 4.99. The van der Waals surface area contributed by atoms with Crippen molar-refractivity contribution in [2.24, 2.45) is 0 Å². The molecule has 0 aliphatic carbocycles. The van der Waals surface area contributed by atoms with Crippen LogP contribution in [-0.2, 0) is 26.3 Å². The molecule has 4 aromatic rings. The lowest BCUT2D eigenvalue weighted by molar-refractivity contribution is 0.163.